The van der Waals surface area contributed by atoms with Gasteiger partial charge in [0, 0.05) is 20.6 Å². The van der Waals surface area contributed by atoms with Crippen molar-refractivity contribution in [1.82, 2.24) is 0 Å². The fraction of sp³-hybridized carbons (Fsp3) is 0.962. The first kappa shape index (κ1) is 32.0. The lowest BCUT2D eigenvalue weighted by Gasteiger charge is -2.12. The van der Waals surface area contributed by atoms with Gasteiger partial charge in [-0.05, 0) is 37.5 Å². The molecule has 0 heterocycles. The van der Waals surface area contributed by atoms with E-state index in [2.05, 4.69) is 12.6 Å². The first-order valence-electron chi connectivity index (χ1n) is 13.6. The second kappa shape index (κ2) is 27.2. The summed E-state index contributed by atoms with van der Waals surface area (Å²) in [6.07, 6.45) is 24.8. The second-order valence-electron chi connectivity index (χ2n) is 9.10. The molecule has 192 valence electrons. The maximum atomic E-state index is 11.8. The normalized spacial score (nSPS) is 11.8. The maximum Gasteiger partial charge on any atom is 0.292 e. The van der Waals surface area contributed by atoms with Crippen LogP contribution in [-0.4, -0.2) is 42.0 Å². The highest BCUT2D eigenvalue weighted by atomic mass is 32.1. The Kier molecular flexibility index (Phi) is 27.2. The third-order valence-corrected chi connectivity index (χ3v) is 7.79. The van der Waals surface area contributed by atoms with E-state index in [1.54, 1.807) is 14.2 Å². The molecule has 0 amide bonds. The summed E-state index contributed by atoms with van der Waals surface area (Å²) >= 11 is 4.22. The molecule has 0 bridgehead atoms. The molecule has 32 heavy (non-hydrogen) atoms. The van der Waals surface area contributed by atoms with Gasteiger partial charge in [-0.1, -0.05) is 96.3 Å². The zero-order chi connectivity index (χ0) is 23.5. The predicted octanol–water partition coefficient (Wildman–Crippen LogP) is 7.38. The van der Waals surface area contributed by atoms with Crippen LogP contribution in [0.2, 0.25) is 6.04 Å². The molecular formula is C26H54O4SSi. The third kappa shape index (κ3) is 24.6. The number of methoxy groups -OCH3 is 2. The standard InChI is InChI=1S/C26H54O4SSi/c1-28-26(29-2)22-18-14-12-10-8-6-4-3-5-7-9-11-13-17-21-25(27)30-32-24-20-16-15-19-23-31/h26,31H,3-24,32H2,1-2H3. The summed E-state index contributed by atoms with van der Waals surface area (Å²) in [5.74, 6) is 1.04. The Labute approximate surface area is 207 Å². The molecule has 6 heteroatoms. The van der Waals surface area contributed by atoms with Crippen LogP contribution in [0.4, 0.5) is 0 Å². The topological polar surface area (TPSA) is 44.8 Å². The lowest BCUT2D eigenvalue weighted by molar-refractivity contribution is -0.134. The molecule has 0 radical (unpaired) electrons. The summed E-state index contributed by atoms with van der Waals surface area (Å²) in [5, 5.41) is 0. The Morgan fingerprint density at radius 1 is 0.656 bits per heavy atom. The van der Waals surface area contributed by atoms with Gasteiger partial charge in [0.15, 0.2) is 6.29 Å². The highest BCUT2D eigenvalue weighted by molar-refractivity contribution is 7.80. The molecule has 0 rings (SSSR count). The molecule has 0 aliphatic rings. The molecule has 0 aromatic heterocycles. The van der Waals surface area contributed by atoms with E-state index < -0.39 is 9.76 Å². The number of carbonyl (C=O) groups excluding carboxylic acids is 1. The maximum absolute atomic E-state index is 11.8. The van der Waals surface area contributed by atoms with Gasteiger partial charge in [-0.2, -0.15) is 12.6 Å². The number of hydrogen-bond acceptors (Lipinski definition) is 5. The van der Waals surface area contributed by atoms with Crippen molar-refractivity contribution in [3.63, 3.8) is 0 Å². The molecule has 4 nitrogen and oxygen atoms in total. The monoisotopic (exact) mass is 490 g/mol. The number of rotatable bonds is 26. The van der Waals surface area contributed by atoms with Crippen LogP contribution >= 0.6 is 12.6 Å². The smallest absolute Gasteiger partial charge is 0.292 e. The van der Waals surface area contributed by atoms with Crippen LogP contribution in [0.5, 0.6) is 0 Å². The van der Waals surface area contributed by atoms with Crippen molar-refractivity contribution < 1.29 is 18.7 Å². The average molecular weight is 491 g/mol. The van der Waals surface area contributed by atoms with Gasteiger partial charge in [0.25, 0.3) is 5.97 Å². The van der Waals surface area contributed by atoms with Crippen molar-refractivity contribution in [3.8, 4) is 0 Å². The molecule has 0 unspecified atom stereocenters. The van der Waals surface area contributed by atoms with E-state index in [9.17, 15) is 4.79 Å². The predicted molar refractivity (Wildman–Crippen MR) is 143 cm³/mol. The Hall–Kier alpha value is -0.0431. The molecule has 0 aliphatic carbocycles. The number of unbranched alkanes of at least 4 members (excludes halogenated alkanes) is 16. The van der Waals surface area contributed by atoms with Crippen LogP contribution in [0.1, 0.15) is 128 Å². The van der Waals surface area contributed by atoms with Gasteiger partial charge in [-0.3, -0.25) is 4.79 Å². The van der Waals surface area contributed by atoms with Gasteiger partial charge in [0.2, 0.25) is 9.76 Å². The molecule has 0 saturated carbocycles. The summed E-state index contributed by atoms with van der Waals surface area (Å²) < 4.78 is 15.9. The van der Waals surface area contributed by atoms with Crippen molar-refractivity contribution in [2.24, 2.45) is 0 Å². The van der Waals surface area contributed by atoms with E-state index >= 15 is 0 Å². The fourth-order valence-electron chi connectivity index (χ4n) is 4.04. The summed E-state index contributed by atoms with van der Waals surface area (Å²) in [4.78, 5) is 11.8. The summed E-state index contributed by atoms with van der Waals surface area (Å²) in [7, 11) is 2.81. The molecule has 0 atom stereocenters. The minimum absolute atomic E-state index is 0.0223. The van der Waals surface area contributed by atoms with E-state index in [1.165, 1.54) is 109 Å². The first-order valence-corrected chi connectivity index (χ1v) is 15.8. The number of carbonyl (C=O) groups is 1. The largest absolute Gasteiger partial charge is 0.525 e. The molecule has 0 N–H and O–H groups in total. The lowest BCUT2D eigenvalue weighted by atomic mass is 10.0. The van der Waals surface area contributed by atoms with Crippen molar-refractivity contribution in [2.75, 3.05) is 20.0 Å². The van der Waals surface area contributed by atoms with E-state index in [4.69, 9.17) is 13.9 Å². The van der Waals surface area contributed by atoms with Gasteiger partial charge >= 0.3 is 0 Å². The van der Waals surface area contributed by atoms with Gasteiger partial charge in [0.1, 0.15) is 0 Å². The lowest BCUT2D eigenvalue weighted by Crippen LogP contribution is -2.12. The molecule has 0 spiro atoms. The summed E-state index contributed by atoms with van der Waals surface area (Å²) in [6.45, 7) is 0. The van der Waals surface area contributed by atoms with Crippen LogP contribution in [0.3, 0.4) is 0 Å². The van der Waals surface area contributed by atoms with E-state index in [0.717, 1.165) is 24.6 Å². The Morgan fingerprint density at radius 2 is 1.09 bits per heavy atom. The van der Waals surface area contributed by atoms with Crippen molar-refractivity contribution in [1.29, 1.82) is 0 Å². The van der Waals surface area contributed by atoms with Crippen LogP contribution in [-0.2, 0) is 18.7 Å². The van der Waals surface area contributed by atoms with Gasteiger partial charge in [-0.25, -0.2) is 0 Å². The molecule has 0 saturated heterocycles. The third-order valence-electron chi connectivity index (χ3n) is 6.16. The zero-order valence-electron chi connectivity index (χ0n) is 21.4. The SMILES string of the molecule is COC(CCCCCCCCCCCCCCCCC(=O)O[SiH2]CCCCCCS)OC. The minimum atomic E-state index is -0.619. The van der Waals surface area contributed by atoms with Crippen LogP contribution in [0.15, 0.2) is 0 Å². The fourth-order valence-corrected chi connectivity index (χ4v) is 5.33. The minimum Gasteiger partial charge on any atom is -0.525 e. The number of hydrogen-bond donors (Lipinski definition) is 1. The van der Waals surface area contributed by atoms with Crippen LogP contribution < -0.4 is 0 Å². The van der Waals surface area contributed by atoms with Crippen LogP contribution in [0.25, 0.3) is 0 Å². The number of thiol groups is 1. The first-order chi connectivity index (χ1) is 15.7. The van der Waals surface area contributed by atoms with Gasteiger partial charge in [0.05, 0.1) is 0 Å². The highest BCUT2D eigenvalue weighted by Crippen LogP contribution is 2.14. The van der Waals surface area contributed by atoms with Gasteiger partial charge < -0.3 is 13.9 Å². The highest BCUT2D eigenvalue weighted by Gasteiger charge is 2.04. The summed E-state index contributed by atoms with van der Waals surface area (Å²) in [6, 6.07) is 1.14. The number of ether oxygens (including phenoxy) is 2. The molecule has 0 aromatic rings. The Bertz CT molecular complexity index is 381. The molecule has 0 aromatic carbocycles. The van der Waals surface area contributed by atoms with Crippen LogP contribution in [0, 0.1) is 0 Å². The van der Waals surface area contributed by atoms with Crippen molar-refractivity contribution >= 4 is 28.4 Å². The Morgan fingerprint density at radius 3 is 1.59 bits per heavy atom. The summed E-state index contributed by atoms with van der Waals surface area (Å²) in [5.41, 5.74) is 0. The van der Waals surface area contributed by atoms with Crippen molar-refractivity contribution in [2.45, 2.75) is 141 Å². The molecule has 0 aliphatic heterocycles. The zero-order valence-corrected chi connectivity index (χ0v) is 23.7. The average Bonchev–Trinajstić information content (AvgIpc) is 2.80. The molecular weight excluding hydrogens is 436 g/mol. The van der Waals surface area contributed by atoms with Gasteiger partial charge in [-0.15, -0.1) is 0 Å². The van der Waals surface area contributed by atoms with Crippen molar-refractivity contribution in [3.05, 3.63) is 0 Å². The quantitative estimate of drug-likeness (QED) is 0.0594. The van der Waals surface area contributed by atoms with E-state index in [0.29, 0.717) is 6.42 Å². The molecule has 0 fully saturated rings. The Balaban J connectivity index is 3.16. The van der Waals surface area contributed by atoms with E-state index in [-0.39, 0.29) is 12.3 Å². The second-order valence-corrected chi connectivity index (χ2v) is 11.0. The van der Waals surface area contributed by atoms with E-state index in [1.807, 2.05) is 0 Å².